The van der Waals surface area contributed by atoms with Crippen molar-refractivity contribution in [3.05, 3.63) is 46.0 Å². The van der Waals surface area contributed by atoms with Gasteiger partial charge in [0.1, 0.15) is 6.33 Å². The van der Waals surface area contributed by atoms with Crippen molar-refractivity contribution in [1.29, 1.82) is 0 Å². The number of hydrogen-bond acceptors (Lipinski definition) is 7. The fourth-order valence-electron chi connectivity index (χ4n) is 2.51. The van der Waals surface area contributed by atoms with Gasteiger partial charge in [-0.05, 0) is 26.3 Å². The summed E-state index contributed by atoms with van der Waals surface area (Å²) in [6, 6.07) is 4.03. The SMILES string of the molecule is Cc1ncnc(C)c1-c1cc([N+](=O)[O-])ccc1OOC(=O)N1CCC1. The first-order valence-electron chi connectivity index (χ1n) is 7.68. The van der Waals surface area contributed by atoms with Crippen LogP contribution in [-0.4, -0.2) is 39.0 Å². The largest absolute Gasteiger partial charge is 0.452 e. The van der Waals surface area contributed by atoms with Gasteiger partial charge in [0.05, 0.1) is 4.92 Å². The van der Waals surface area contributed by atoms with E-state index in [-0.39, 0.29) is 11.4 Å². The number of aromatic nitrogens is 2. The molecule has 2 aromatic rings. The molecule has 1 aliphatic rings. The highest BCUT2D eigenvalue weighted by atomic mass is 17.2. The van der Waals surface area contributed by atoms with Crippen molar-refractivity contribution in [2.24, 2.45) is 0 Å². The van der Waals surface area contributed by atoms with Crippen molar-refractivity contribution in [2.45, 2.75) is 20.3 Å². The van der Waals surface area contributed by atoms with E-state index in [1.165, 1.54) is 29.4 Å². The predicted octanol–water partition coefficient (Wildman–Crippen LogP) is 2.80. The maximum absolute atomic E-state index is 11.8. The summed E-state index contributed by atoms with van der Waals surface area (Å²) in [7, 11) is 0. The zero-order chi connectivity index (χ0) is 18.0. The number of benzene rings is 1. The van der Waals surface area contributed by atoms with E-state index in [0.29, 0.717) is 35.6 Å². The molecule has 25 heavy (non-hydrogen) atoms. The lowest BCUT2D eigenvalue weighted by molar-refractivity contribution is -0.384. The Bertz CT molecular complexity index is 815. The molecule has 0 saturated carbocycles. The average Bonchev–Trinajstić information content (AvgIpc) is 2.51. The highest BCUT2D eigenvalue weighted by Gasteiger charge is 2.24. The van der Waals surface area contributed by atoms with Gasteiger partial charge in [-0.2, -0.15) is 0 Å². The summed E-state index contributed by atoms with van der Waals surface area (Å²) in [6.07, 6.45) is 1.75. The Morgan fingerprint density at radius 2 is 1.92 bits per heavy atom. The molecule has 130 valence electrons. The van der Waals surface area contributed by atoms with Crippen LogP contribution in [0.15, 0.2) is 24.5 Å². The van der Waals surface area contributed by atoms with Crippen LogP contribution in [-0.2, 0) is 4.89 Å². The number of nitro groups is 1. The first-order chi connectivity index (χ1) is 12.0. The monoisotopic (exact) mass is 344 g/mol. The van der Waals surface area contributed by atoms with E-state index in [4.69, 9.17) is 9.78 Å². The lowest BCUT2D eigenvalue weighted by Gasteiger charge is -2.28. The zero-order valence-corrected chi connectivity index (χ0v) is 13.8. The van der Waals surface area contributed by atoms with Gasteiger partial charge in [0.2, 0.25) is 0 Å². The van der Waals surface area contributed by atoms with Crippen molar-refractivity contribution in [3.63, 3.8) is 0 Å². The van der Waals surface area contributed by atoms with Crippen molar-refractivity contribution in [2.75, 3.05) is 13.1 Å². The molecule has 0 atom stereocenters. The molecule has 1 saturated heterocycles. The number of rotatable bonds is 4. The third-order valence-corrected chi connectivity index (χ3v) is 3.99. The molecule has 0 radical (unpaired) electrons. The van der Waals surface area contributed by atoms with Crippen LogP contribution in [0.1, 0.15) is 17.8 Å². The number of amides is 1. The van der Waals surface area contributed by atoms with Gasteiger partial charge in [-0.1, -0.05) is 0 Å². The van der Waals surface area contributed by atoms with Gasteiger partial charge in [-0.25, -0.2) is 19.7 Å². The second-order valence-corrected chi connectivity index (χ2v) is 5.63. The quantitative estimate of drug-likeness (QED) is 0.477. The van der Waals surface area contributed by atoms with Gasteiger partial charge < -0.3 is 4.90 Å². The molecule has 0 unspecified atom stereocenters. The molecule has 1 aliphatic heterocycles. The van der Waals surface area contributed by atoms with E-state index in [0.717, 1.165) is 6.42 Å². The van der Waals surface area contributed by atoms with Crippen LogP contribution < -0.4 is 4.89 Å². The average molecular weight is 344 g/mol. The van der Waals surface area contributed by atoms with E-state index < -0.39 is 11.0 Å². The molecule has 3 rings (SSSR count). The number of nitrogens with zero attached hydrogens (tertiary/aromatic N) is 4. The van der Waals surface area contributed by atoms with Crippen molar-refractivity contribution < 1.29 is 19.5 Å². The van der Waals surface area contributed by atoms with E-state index in [1.54, 1.807) is 13.8 Å². The minimum absolute atomic E-state index is 0.112. The fourth-order valence-corrected chi connectivity index (χ4v) is 2.51. The standard InChI is InChI=1S/C16H16N4O5/c1-10-15(11(2)18-9-17-10)13-8-12(20(22)23)4-5-14(13)24-25-16(21)19-6-3-7-19/h4-5,8-9H,3,6-7H2,1-2H3. The van der Waals surface area contributed by atoms with Crippen LogP contribution in [0.4, 0.5) is 10.5 Å². The Morgan fingerprint density at radius 1 is 1.24 bits per heavy atom. The highest BCUT2D eigenvalue weighted by Crippen LogP contribution is 2.36. The molecule has 1 aromatic carbocycles. The lowest BCUT2D eigenvalue weighted by Crippen LogP contribution is -2.42. The zero-order valence-electron chi connectivity index (χ0n) is 13.8. The summed E-state index contributed by atoms with van der Waals surface area (Å²) in [5.74, 6) is 0.181. The van der Waals surface area contributed by atoms with Crippen LogP contribution in [0.5, 0.6) is 5.75 Å². The number of nitro benzene ring substituents is 1. The van der Waals surface area contributed by atoms with E-state index in [2.05, 4.69) is 9.97 Å². The summed E-state index contributed by atoms with van der Waals surface area (Å²) >= 11 is 0. The van der Waals surface area contributed by atoms with Gasteiger partial charge in [-0.3, -0.25) is 15.0 Å². The van der Waals surface area contributed by atoms with Crippen molar-refractivity contribution in [1.82, 2.24) is 14.9 Å². The maximum Gasteiger partial charge on any atom is 0.452 e. The molecule has 0 bridgehead atoms. The summed E-state index contributed by atoms with van der Waals surface area (Å²) in [5, 5.41) is 11.1. The molecule has 1 fully saturated rings. The Balaban J connectivity index is 1.97. The van der Waals surface area contributed by atoms with Crippen molar-refractivity contribution in [3.8, 4) is 16.9 Å². The first kappa shape index (κ1) is 16.6. The van der Waals surface area contributed by atoms with Gasteiger partial charge in [-0.15, -0.1) is 0 Å². The molecule has 2 heterocycles. The third-order valence-electron chi connectivity index (χ3n) is 3.99. The fraction of sp³-hybridized carbons (Fsp3) is 0.312. The minimum Gasteiger partial charge on any atom is -0.305 e. The second-order valence-electron chi connectivity index (χ2n) is 5.63. The maximum atomic E-state index is 11.8. The summed E-state index contributed by atoms with van der Waals surface area (Å²) < 4.78 is 0. The highest BCUT2D eigenvalue weighted by molar-refractivity contribution is 5.76. The van der Waals surface area contributed by atoms with Crippen LogP contribution in [0.3, 0.4) is 0 Å². The van der Waals surface area contributed by atoms with Gasteiger partial charge in [0.15, 0.2) is 5.75 Å². The molecular formula is C16H16N4O5. The van der Waals surface area contributed by atoms with Gasteiger partial charge in [0, 0.05) is 47.7 Å². The second kappa shape index (κ2) is 6.71. The normalized spacial score (nSPS) is 13.1. The van der Waals surface area contributed by atoms with Gasteiger partial charge in [0.25, 0.3) is 5.69 Å². The molecule has 0 spiro atoms. The van der Waals surface area contributed by atoms with Crippen LogP contribution >= 0.6 is 0 Å². The molecule has 0 N–H and O–H groups in total. The molecule has 1 aromatic heterocycles. The Labute approximate surface area is 143 Å². The van der Waals surface area contributed by atoms with E-state index >= 15 is 0 Å². The number of non-ortho nitro benzene ring substituents is 1. The summed E-state index contributed by atoms with van der Waals surface area (Å²) in [6.45, 7) is 4.78. The minimum atomic E-state index is -0.590. The Morgan fingerprint density at radius 3 is 2.48 bits per heavy atom. The topological polar surface area (TPSA) is 108 Å². The number of likely N-dealkylation sites (tertiary alicyclic amines) is 1. The third kappa shape index (κ3) is 3.35. The Kier molecular flexibility index (Phi) is 4.46. The summed E-state index contributed by atoms with van der Waals surface area (Å²) in [4.78, 5) is 42.2. The van der Waals surface area contributed by atoms with Gasteiger partial charge >= 0.3 is 6.09 Å². The Hall–Kier alpha value is -3.23. The van der Waals surface area contributed by atoms with Crippen LogP contribution in [0.25, 0.3) is 11.1 Å². The lowest BCUT2D eigenvalue weighted by atomic mass is 10.0. The van der Waals surface area contributed by atoms with Crippen LogP contribution in [0, 0.1) is 24.0 Å². The van der Waals surface area contributed by atoms with Crippen molar-refractivity contribution >= 4 is 11.8 Å². The number of carbonyl (C=O) groups excluding carboxylic acids is 1. The van der Waals surface area contributed by atoms with E-state index in [9.17, 15) is 14.9 Å². The number of aryl methyl sites for hydroxylation is 2. The molecule has 0 aliphatic carbocycles. The smallest absolute Gasteiger partial charge is 0.305 e. The summed E-state index contributed by atoms with van der Waals surface area (Å²) in [5.41, 5.74) is 2.14. The molecule has 9 heteroatoms. The molecule has 9 nitrogen and oxygen atoms in total. The molecule has 1 amide bonds. The first-order valence-corrected chi connectivity index (χ1v) is 7.68. The van der Waals surface area contributed by atoms with Crippen LogP contribution in [0.2, 0.25) is 0 Å². The molecular weight excluding hydrogens is 328 g/mol. The number of carbonyl (C=O) groups is 1. The number of hydrogen-bond donors (Lipinski definition) is 0. The van der Waals surface area contributed by atoms with E-state index in [1.807, 2.05) is 0 Å². The predicted molar refractivity (Wildman–Crippen MR) is 86.9 cm³/mol.